The van der Waals surface area contributed by atoms with Crippen LogP contribution in [0.4, 0.5) is 17.1 Å². The highest BCUT2D eigenvalue weighted by Gasteiger charge is 2.17. The molecule has 0 aliphatic carbocycles. The van der Waals surface area contributed by atoms with E-state index in [0.29, 0.717) is 0 Å². The van der Waals surface area contributed by atoms with Crippen molar-refractivity contribution in [2.45, 2.75) is 27.7 Å². The van der Waals surface area contributed by atoms with Gasteiger partial charge in [-0.1, -0.05) is 97.1 Å². The number of allylic oxidation sites excluding steroid dienone is 2. The van der Waals surface area contributed by atoms with Gasteiger partial charge in [0.25, 0.3) is 0 Å². The number of H-pyrrole nitrogens is 2. The Bertz CT molecular complexity index is 2870. The van der Waals surface area contributed by atoms with Crippen molar-refractivity contribution in [3.8, 4) is 0 Å². The van der Waals surface area contributed by atoms with E-state index in [1.165, 1.54) is 11.1 Å². The Kier molecular flexibility index (Phi) is 9.41. The molecule has 5 heteroatoms. The van der Waals surface area contributed by atoms with E-state index in [-0.39, 0.29) is 0 Å². The van der Waals surface area contributed by atoms with Crippen molar-refractivity contribution >= 4 is 86.7 Å². The quantitative estimate of drug-likeness (QED) is 0.160. The molecule has 8 bridgehead atoms. The number of aryl methyl sites for hydroxylation is 2. The highest BCUT2D eigenvalue weighted by Crippen LogP contribution is 2.35. The first-order valence-corrected chi connectivity index (χ1v) is 19.4. The van der Waals surface area contributed by atoms with Crippen molar-refractivity contribution in [2.75, 3.05) is 4.90 Å². The first-order valence-electron chi connectivity index (χ1n) is 19.4. The number of aromatic amines is 2. The number of hydrogen-bond donors (Lipinski definition) is 2. The zero-order valence-corrected chi connectivity index (χ0v) is 32.6. The minimum absolute atomic E-state index is 0.907. The van der Waals surface area contributed by atoms with Crippen LogP contribution < -0.4 is 4.90 Å². The molecule has 0 saturated heterocycles. The van der Waals surface area contributed by atoms with Crippen LogP contribution in [0.3, 0.4) is 0 Å². The Labute approximate surface area is 333 Å². The van der Waals surface area contributed by atoms with E-state index in [9.17, 15) is 0 Å². The molecular weight excluding hydrogens is 695 g/mol. The Balaban J connectivity index is 1.02. The lowest BCUT2D eigenvalue weighted by Crippen LogP contribution is -2.09. The average Bonchev–Trinajstić information content (AvgIpc) is 3.98. The molecular formula is C52H43N5. The number of nitrogens with one attached hydrogen (secondary N) is 2. The molecule has 2 aliphatic rings. The molecule has 0 unspecified atom stereocenters. The lowest BCUT2D eigenvalue weighted by Gasteiger charge is -2.25. The van der Waals surface area contributed by atoms with Crippen molar-refractivity contribution in [3.63, 3.8) is 0 Å². The van der Waals surface area contributed by atoms with Gasteiger partial charge in [-0.3, -0.25) is 0 Å². The van der Waals surface area contributed by atoms with Crippen molar-refractivity contribution in [3.05, 3.63) is 196 Å². The molecule has 57 heavy (non-hydrogen) atoms. The van der Waals surface area contributed by atoms with E-state index in [0.717, 1.165) is 95.3 Å². The summed E-state index contributed by atoms with van der Waals surface area (Å²) in [6.07, 6.45) is 13.0. The summed E-state index contributed by atoms with van der Waals surface area (Å²) in [6, 6.07) is 49.1. The van der Waals surface area contributed by atoms with Crippen LogP contribution in [-0.2, 0) is 0 Å². The number of benzene rings is 4. The van der Waals surface area contributed by atoms with Gasteiger partial charge in [-0.2, -0.15) is 0 Å². The third-order valence-electron chi connectivity index (χ3n) is 10.6. The smallest absolute Gasteiger partial charge is 0.0760 e. The first kappa shape index (κ1) is 35.5. The molecule has 5 heterocycles. The molecule has 5 nitrogen and oxygen atoms in total. The number of rotatable bonds is 7. The molecule has 0 radical (unpaired) electrons. The standard InChI is InChI=1S/C52H43N5/c1-34-28-42-32-50-36(3)30-51(56-50)47(52-37(4)29-43(55-52)33-49-35(2)27-41(53-49)31-48(34)54-42)26-23-39-18-15-38(16-19-39)17-20-40-21-24-46(25-22-40)57(44-11-7-5-8-12-44)45-13-9-6-10-14-45/h5-33,53-54H,1-4H3/b20-17+,26-23+,41-31?,42-32?,43-33?,48-31?,49-33?,50-32?,51-47?,52-47?. The zero-order valence-electron chi connectivity index (χ0n) is 32.6. The Morgan fingerprint density at radius 1 is 0.474 bits per heavy atom. The summed E-state index contributed by atoms with van der Waals surface area (Å²) in [5.41, 5.74) is 20.2. The third-order valence-corrected chi connectivity index (χ3v) is 10.6. The van der Waals surface area contributed by atoms with E-state index in [2.05, 4.69) is 206 Å². The highest BCUT2D eigenvalue weighted by atomic mass is 15.1. The predicted octanol–water partition coefficient (Wildman–Crippen LogP) is 13.9. The zero-order chi connectivity index (χ0) is 38.9. The summed E-state index contributed by atoms with van der Waals surface area (Å²) in [6.45, 7) is 8.52. The number of nitrogens with zero attached hydrogens (tertiary/aromatic N) is 3. The number of fused-ring (bicyclic) bond motifs is 8. The van der Waals surface area contributed by atoms with Gasteiger partial charge < -0.3 is 14.9 Å². The van der Waals surface area contributed by atoms with Crippen LogP contribution in [0.25, 0.3) is 69.7 Å². The SMILES string of the molecule is CC1=Cc2nc1cc1cc(C)c(cc3cc(C)c(cc4nc(c2/C=C/c2ccc(/C=C/c5ccc(N(c6ccccc6)c6ccccc6)cc5)cc2)C(C)=C4)[nH]3)[nH]1. The molecule has 9 rings (SSSR count). The largest absolute Gasteiger partial charge is 0.355 e. The van der Waals surface area contributed by atoms with Gasteiger partial charge >= 0.3 is 0 Å². The maximum Gasteiger partial charge on any atom is 0.0760 e. The lowest BCUT2D eigenvalue weighted by molar-refractivity contribution is 1.25. The number of para-hydroxylation sites is 2. The molecule has 276 valence electrons. The van der Waals surface area contributed by atoms with E-state index in [1.807, 2.05) is 12.1 Å². The van der Waals surface area contributed by atoms with Gasteiger partial charge in [0.2, 0.25) is 0 Å². The molecule has 0 saturated carbocycles. The van der Waals surface area contributed by atoms with Crippen LogP contribution in [0, 0.1) is 13.8 Å². The summed E-state index contributed by atoms with van der Waals surface area (Å²) in [5.74, 6) is 0. The topological polar surface area (TPSA) is 60.6 Å². The molecule has 3 aromatic heterocycles. The Morgan fingerprint density at radius 3 is 1.58 bits per heavy atom. The van der Waals surface area contributed by atoms with Gasteiger partial charge in [-0.05, 0) is 146 Å². The third kappa shape index (κ3) is 7.56. The van der Waals surface area contributed by atoms with Crippen LogP contribution >= 0.6 is 0 Å². The molecule has 0 spiro atoms. The summed E-state index contributed by atoms with van der Waals surface area (Å²) in [7, 11) is 0. The average molecular weight is 738 g/mol. The van der Waals surface area contributed by atoms with Crippen LogP contribution in [0.15, 0.2) is 140 Å². The summed E-state index contributed by atoms with van der Waals surface area (Å²) in [4.78, 5) is 19.8. The first-order chi connectivity index (χ1) is 27.8. The van der Waals surface area contributed by atoms with Crippen LogP contribution in [0.1, 0.15) is 70.0 Å². The van der Waals surface area contributed by atoms with Gasteiger partial charge in [0, 0.05) is 44.7 Å². The summed E-state index contributed by atoms with van der Waals surface area (Å²) >= 11 is 0. The fourth-order valence-corrected chi connectivity index (χ4v) is 7.52. The van der Waals surface area contributed by atoms with Gasteiger partial charge in [0.15, 0.2) is 0 Å². The van der Waals surface area contributed by atoms with E-state index in [1.54, 1.807) is 0 Å². The summed E-state index contributed by atoms with van der Waals surface area (Å²) in [5, 5.41) is 0. The molecule has 0 amide bonds. The Morgan fingerprint density at radius 2 is 0.982 bits per heavy atom. The lowest BCUT2D eigenvalue weighted by atomic mass is 10.0. The van der Waals surface area contributed by atoms with Crippen molar-refractivity contribution in [1.82, 2.24) is 19.9 Å². The van der Waals surface area contributed by atoms with E-state index >= 15 is 0 Å². The van der Waals surface area contributed by atoms with Gasteiger partial charge in [-0.25, -0.2) is 9.97 Å². The number of aromatic nitrogens is 4. The number of anilines is 3. The van der Waals surface area contributed by atoms with Crippen molar-refractivity contribution in [1.29, 1.82) is 0 Å². The van der Waals surface area contributed by atoms with Gasteiger partial charge in [0.05, 0.1) is 22.8 Å². The van der Waals surface area contributed by atoms with E-state index < -0.39 is 0 Å². The molecule has 2 aliphatic heterocycles. The second-order valence-corrected chi connectivity index (χ2v) is 14.8. The molecule has 0 fully saturated rings. The van der Waals surface area contributed by atoms with Crippen molar-refractivity contribution < 1.29 is 0 Å². The molecule has 4 aromatic carbocycles. The molecule has 0 atom stereocenters. The fourth-order valence-electron chi connectivity index (χ4n) is 7.52. The highest BCUT2D eigenvalue weighted by molar-refractivity contribution is 5.93. The maximum atomic E-state index is 5.17. The van der Waals surface area contributed by atoms with Crippen LogP contribution in [0.2, 0.25) is 0 Å². The van der Waals surface area contributed by atoms with Crippen molar-refractivity contribution in [2.24, 2.45) is 0 Å². The summed E-state index contributed by atoms with van der Waals surface area (Å²) < 4.78 is 0. The Hall–Kier alpha value is -7.24. The van der Waals surface area contributed by atoms with Crippen LogP contribution in [0.5, 0.6) is 0 Å². The second kappa shape index (κ2) is 15.1. The number of hydrogen-bond acceptors (Lipinski definition) is 3. The van der Waals surface area contributed by atoms with Crippen LogP contribution in [-0.4, -0.2) is 19.9 Å². The minimum atomic E-state index is 0.907. The van der Waals surface area contributed by atoms with E-state index in [4.69, 9.17) is 9.97 Å². The maximum absolute atomic E-state index is 5.17. The molecule has 2 N–H and O–H groups in total. The minimum Gasteiger partial charge on any atom is -0.355 e. The van der Waals surface area contributed by atoms with Gasteiger partial charge in [0.1, 0.15) is 0 Å². The molecule has 7 aromatic rings. The second-order valence-electron chi connectivity index (χ2n) is 14.8. The van der Waals surface area contributed by atoms with Gasteiger partial charge in [-0.15, -0.1) is 0 Å². The fraction of sp³-hybridized carbons (Fsp3) is 0.0769. The normalized spacial score (nSPS) is 12.6. The monoisotopic (exact) mass is 737 g/mol. The predicted molar refractivity (Wildman–Crippen MR) is 243 cm³/mol.